The Balaban J connectivity index is 2.13. The molecule has 0 aromatic heterocycles. The summed E-state index contributed by atoms with van der Waals surface area (Å²) in [6.45, 7) is 1.92. The zero-order valence-corrected chi connectivity index (χ0v) is 9.91. The maximum absolute atomic E-state index is 13.0. The van der Waals surface area contributed by atoms with Gasteiger partial charge in [0, 0.05) is 13.1 Å². The molecule has 1 aliphatic rings. The van der Waals surface area contributed by atoms with Crippen molar-refractivity contribution in [3.8, 4) is 0 Å². The number of nitrogens with one attached hydrogen (secondary N) is 1. The van der Waals surface area contributed by atoms with Crippen molar-refractivity contribution in [2.75, 3.05) is 26.3 Å². The molecule has 0 amide bonds. The van der Waals surface area contributed by atoms with Crippen molar-refractivity contribution in [2.45, 2.75) is 4.90 Å². The molecule has 1 aromatic rings. The highest BCUT2D eigenvalue weighted by molar-refractivity contribution is 7.89. The summed E-state index contributed by atoms with van der Waals surface area (Å²) in [6, 6.07) is 4.91. The van der Waals surface area contributed by atoms with Crippen LogP contribution in [0.3, 0.4) is 0 Å². The number of rotatable bonds is 3. The molecule has 5 nitrogen and oxygen atoms in total. The van der Waals surface area contributed by atoms with Crippen LogP contribution < -0.4 is 4.83 Å². The minimum atomic E-state index is -3.70. The Morgan fingerprint density at radius 2 is 2.00 bits per heavy atom. The molecule has 0 atom stereocenters. The van der Waals surface area contributed by atoms with Gasteiger partial charge < -0.3 is 4.74 Å². The van der Waals surface area contributed by atoms with E-state index in [1.807, 2.05) is 0 Å². The fourth-order valence-electron chi connectivity index (χ4n) is 1.51. The minimum Gasteiger partial charge on any atom is -0.379 e. The molecule has 1 N–H and O–H groups in total. The molecule has 17 heavy (non-hydrogen) atoms. The van der Waals surface area contributed by atoms with E-state index < -0.39 is 15.8 Å². The van der Waals surface area contributed by atoms with Crippen molar-refractivity contribution >= 4 is 10.0 Å². The van der Waals surface area contributed by atoms with Crippen LogP contribution in [0.25, 0.3) is 0 Å². The molecular formula is C10H13FN2O3S. The molecule has 0 bridgehead atoms. The Morgan fingerprint density at radius 3 is 2.65 bits per heavy atom. The summed E-state index contributed by atoms with van der Waals surface area (Å²) < 4.78 is 41.8. The lowest BCUT2D eigenvalue weighted by Gasteiger charge is -2.26. The topological polar surface area (TPSA) is 58.6 Å². The second kappa shape index (κ2) is 5.09. The average molecular weight is 260 g/mol. The minimum absolute atomic E-state index is 0.0796. The number of ether oxygens (including phenoxy) is 1. The number of hydrogen-bond donors (Lipinski definition) is 1. The fourth-order valence-corrected chi connectivity index (χ4v) is 2.66. The van der Waals surface area contributed by atoms with E-state index in [0.29, 0.717) is 26.3 Å². The standard InChI is InChI=1S/C10H13FN2O3S/c11-9-2-1-3-10(8-9)17(14,15)12-13-4-6-16-7-5-13/h1-3,8,12H,4-7H2. The maximum atomic E-state index is 13.0. The van der Waals surface area contributed by atoms with E-state index in [-0.39, 0.29) is 4.90 Å². The van der Waals surface area contributed by atoms with Gasteiger partial charge in [0.1, 0.15) is 5.82 Å². The van der Waals surface area contributed by atoms with Crippen molar-refractivity contribution in [1.29, 1.82) is 0 Å². The third-order valence-electron chi connectivity index (χ3n) is 2.37. The Hall–Kier alpha value is -1.02. The Labute approximate surface area is 99.2 Å². The monoisotopic (exact) mass is 260 g/mol. The molecular weight excluding hydrogens is 247 g/mol. The first-order chi connectivity index (χ1) is 8.08. The van der Waals surface area contributed by atoms with Gasteiger partial charge in [0.2, 0.25) is 0 Å². The van der Waals surface area contributed by atoms with E-state index >= 15 is 0 Å². The average Bonchev–Trinajstić information content (AvgIpc) is 2.30. The van der Waals surface area contributed by atoms with Crippen LogP contribution in [0.1, 0.15) is 0 Å². The number of sulfonamides is 1. The van der Waals surface area contributed by atoms with Crippen molar-refractivity contribution in [3.05, 3.63) is 30.1 Å². The molecule has 1 fully saturated rings. The van der Waals surface area contributed by atoms with Gasteiger partial charge in [-0.1, -0.05) is 6.07 Å². The number of nitrogens with zero attached hydrogens (tertiary/aromatic N) is 1. The molecule has 0 radical (unpaired) electrons. The van der Waals surface area contributed by atoms with Crippen LogP contribution in [0.5, 0.6) is 0 Å². The molecule has 1 aromatic carbocycles. The van der Waals surface area contributed by atoms with E-state index in [9.17, 15) is 12.8 Å². The molecule has 0 unspecified atom stereocenters. The fraction of sp³-hybridized carbons (Fsp3) is 0.400. The van der Waals surface area contributed by atoms with Gasteiger partial charge in [-0.05, 0) is 18.2 Å². The van der Waals surface area contributed by atoms with Gasteiger partial charge in [0.15, 0.2) is 0 Å². The van der Waals surface area contributed by atoms with E-state index in [4.69, 9.17) is 4.74 Å². The predicted octanol–water partition coefficient (Wildman–Crippen LogP) is 0.351. The van der Waals surface area contributed by atoms with Gasteiger partial charge in [-0.15, -0.1) is 4.83 Å². The van der Waals surface area contributed by atoms with E-state index in [0.717, 1.165) is 6.07 Å². The van der Waals surface area contributed by atoms with Crippen molar-refractivity contribution in [3.63, 3.8) is 0 Å². The maximum Gasteiger partial charge on any atom is 0.253 e. The van der Waals surface area contributed by atoms with Crippen LogP contribution >= 0.6 is 0 Å². The summed E-state index contributed by atoms with van der Waals surface area (Å²) in [7, 11) is -3.70. The van der Waals surface area contributed by atoms with Gasteiger partial charge in [-0.25, -0.2) is 17.8 Å². The molecule has 2 rings (SSSR count). The second-order valence-electron chi connectivity index (χ2n) is 3.65. The zero-order valence-electron chi connectivity index (χ0n) is 9.10. The molecule has 7 heteroatoms. The van der Waals surface area contributed by atoms with Crippen LogP contribution in [-0.4, -0.2) is 39.7 Å². The van der Waals surface area contributed by atoms with Gasteiger partial charge in [-0.2, -0.15) is 0 Å². The third-order valence-corrected chi connectivity index (χ3v) is 3.74. The Morgan fingerprint density at radius 1 is 1.29 bits per heavy atom. The first kappa shape index (κ1) is 12.4. The first-order valence-corrected chi connectivity index (χ1v) is 6.67. The molecule has 0 saturated carbocycles. The third kappa shape index (κ3) is 3.22. The lowest BCUT2D eigenvalue weighted by molar-refractivity contribution is 0.0272. The summed E-state index contributed by atoms with van der Waals surface area (Å²) in [5, 5.41) is 1.55. The molecule has 1 saturated heterocycles. The summed E-state index contributed by atoms with van der Waals surface area (Å²) in [5.41, 5.74) is 0. The Kier molecular flexibility index (Phi) is 3.72. The number of benzene rings is 1. The predicted molar refractivity (Wildman–Crippen MR) is 59.1 cm³/mol. The van der Waals surface area contributed by atoms with Gasteiger partial charge >= 0.3 is 0 Å². The zero-order chi connectivity index (χ0) is 12.3. The van der Waals surface area contributed by atoms with Gasteiger partial charge in [0.05, 0.1) is 18.1 Å². The van der Waals surface area contributed by atoms with Gasteiger partial charge in [0.25, 0.3) is 10.0 Å². The highest BCUT2D eigenvalue weighted by Gasteiger charge is 2.20. The molecule has 0 spiro atoms. The number of halogens is 1. The lowest BCUT2D eigenvalue weighted by Crippen LogP contribution is -2.48. The SMILES string of the molecule is O=S(=O)(NN1CCOCC1)c1cccc(F)c1. The van der Waals surface area contributed by atoms with Crippen molar-refractivity contribution in [2.24, 2.45) is 0 Å². The van der Waals surface area contributed by atoms with Crippen molar-refractivity contribution < 1.29 is 17.5 Å². The molecule has 1 aliphatic heterocycles. The first-order valence-electron chi connectivity index (χ1n) is 5.19. The smallest absolute Gasteiger partial charge is 0.253 e. The summed E-state index contributed by atoms with van der Waals surface area (Å²) in [5.74, 6) is -0.574. The normalized spacial score (nSPS) is 18.2. The number of morpholine rings is 1. The quantitative estimate of drug-likeness (QED) is 0.852. The van der Waals surface area contributed by atoms with E-state index in [1.165, 1.54) is 18.2 Å². The van der Waals surface area contributed by atoms with Crippen molar-refractivity contribution in [1.82, 2.24) is 9.84 Å². The lowest BCUT2D eigenvalue weighted by atomic mass is 10.4. The molecule has 94 valence electrons. The summed E-state index contributed by atoms with van der Waals surface area (Å²) in [6.07, 6.45) is 0. The van der Waals surface area contributed by atoms with E-state index in [2.05, 4.69) is 4.83 Å². The van der Waals surface area contributed by atoms with Crippen LogP contribution in [0, 0.1) is 5.82 Å². The van der Waals surface area contributed by atoms with Crippen LogP contribution in [0.2, 0.25) is 0 Å². The Bertz CT molecular complexity index is 486. The highest BCUT2D eigenvalue weighted by atomic mass is 32.2. The summed E-state index contributed by atoms with van der Waals surface area (Å²) in [4.78, 5) is 2.32. The number of hydrazine groups is 1. The van der Waals surface area contributed by atoms with Crippen LogP contribution in [0.4, 0.5) is 4.39 Å². The highest BCUT2D eigenvalue weighted by Crippen LogP contribution is 2.11. The van der Waals surface area contributed by atoms with Gasteiger partial charge in [-0.3, -0.25) is 0 Å². The van der Waals surface area contributed by atoms with Crippen LogP contribution in [-0.2, 0) is 14.8 Å². The molecule has 1 heterocycles. The number of hydrogen-bond acceptors (Lipinski definition) is 4. The summed E-state index contributed by atoms with van der Waals surface area (Å²) >= 11 is 0. The second-order valence-corrected chi connectivity index (χ2v) is 5.31. The van der Waals surface area contributed by atoms with E-state index in [1.54, 1.807) is 5.01 Å². The largest absolute Gasteiger partial charge is 0.379 e. The van der Waals surface area contributed by atoms with Crippen LogP contribution in [0.15, 0.2) is 29.2 Å². The molecule has 0 aliphatic carbocycles.